The summed E-state index contributed by atoms with van der Waals surface area (Å²) in [6.07, 6.45) is 0.457. The molecule has 8 nitrogen and oxygen atoms in total. The Bertz CT molecular complexity index is 1250. The molecule has 2 atom stereocenters. The van der Waals surface area contributed by atoms with Gasteiger partial charge in [-0.15, -0.1) is 0 Å². The fourth-order valence-electron chi connectivity index (χ4n) is 4.99. The van der Waals surface area contributed by atoms with Gasteiger partial charge in [0, 0.05) is 30.1 Å². The van der Waals surface area contributed by atoms with Crippen molar-refractivity contribution in [1.82, 2.24) is 14.8 Å². The molecular weight excluding hydrogens is 398 g/mol. The van der Waals surface area contributed by atoms with Crippen LogP contribution in [0.2, 0.25) is 0 Å². The minimum Gasteiger partial charge on any atom is -0.497 e. The van der Waals surface area contributed by atoms with Gasteiger partial charge in [0.1, 0.15) is 11.8 Å². The number of hydrogen-bond donors (Lipinski definition) is 1. The van der Waals surface area contributed by atoms with Crippen molar-refractivity contribution in [3.8, 4) is 17.2 Å². The molecule has 31 heavy (non-hydrogen) atoms. The summed E-state index contributed by atoms with van der Waals surface area (Å²) in [7, 11) is 3.32. The van der Waals surface area contributed by atoms with Crippen molar-refractivity contribution in [2.45, 2.75) is 18.5 Å². The molecule has 2 unspecified atom stereocenters. The third kappa shape index (κ3) is 2.54. The lowest BCUT2D eigenvalue weighted by atomic mass is 9.86. The Morgan fingerprint density at radius 2 is 1.94 bits per heavy atom. The number of rotatable bonds is 2. The van der Waals surface area contributed by atoms with Gasteiger partial charge in [-0.25, -0.2) is 0 Å². The molecule has 1 fully saturated rings. The Morgan fingerprint density at radius 3 is 2.77 bits per heavy atom. The van der Waals surface area contributed by atoms with Gasteiger partial charge in [-0.2, -0.15) is 0 Å². The molecule has 1 saturated heterocycles. The van der Waals surface area contributed by atoms with E-state index in [-0.39, 0.29) is 25.2 Å². The van der Waals surface area contributed by atoms with Crippen LogP contribution >= 0.6 is 0 Å². The van der Waals surface area contributed by atoms with Gasteiger partial charge in [0.15, 0.2) is 11.5 Å². The van der Waals surface area contributed by atoms with Crippen molar-refractivity contribution in [3.05, 3.63) is 53.2 Å². The third-order valence-corrected chi connectivity index (χ3v) is 6.47. The quantitative estimate of drug-likeness (QED) is 0.689. The summed E-state index contributed by atoms with van der Waals surface area (Å²) in [6.45, 7) is 0.245. The van der Waals surface area contributed by atoms with Crippen LogP contribution in [0.1, 0.15) is 22.9 Å². The van der Waals surface area contributed by atoms with E-state index in [2.05, 4.69) is 4.98 Å². The second kappa shape index (κ2) is 6.41. The molecular formula is C23H21N3O5. The number of benzene rings is 2. The van der Waals surface area contributed by atoms with E-state index in [4.69, 9.17) is 14.2 Å². The molecule has 0 radical (unpaired) electrons. The minimum atomic E-state index is -0.556. The molecule has 6 rings (SSSR count). The highest BCUT2D eigenvalue weighted by Crippen LogP contribution is 2.45. The molecule has 1 N–H and O–H groups in total. The summed E-state index contributed by atoms with van der Waals surface area (Å²) in [6, 6.07) is 10.6. The highest BCUT2D eigenvalue weighted by Gasteiger charge is 2.47. The van der Waals surface area contributed by atoms with Gasteiger partial charge in [-0.3, -0.25) is 9.59 Å². The molecule has 0 aliphatic carbocycles. The third-order valence-electron chi connectivity index (χ3n) is 6.47. The van der Waals surface area contributed by atoms with E-state index < -0.39 is 12.1 Å². The molecule has 4 heterocycles. The van der Waals surface area contributed by atoms with E-state index in [1.54, 1.807) is 19.1 Å². The molecule has 3 aromatic rings. The first-order chi connectivity index (χ1) is 15.0. The van der Waals surface area contributed by atoms with Crippen molar-refractivity contribution in [2.75, 3.05) is 27.5 Å². The first-order valence-corrected chi connectivity index (χ1v) is 10.2. The van der Waals surface area contributed by atoms with Crippen LogP contribution in [0.4, 0.5) is 0 Å². The molecule has 2 aromatic carbocycles. The maximum absolute atomic E-state index is 13.2. The van der Waals surface area contributed by atoms with E-state index in [1.165, 1.54) is 4.90 Å². The zero-order valence-corrected chi connectivity index (χ0v) is 17.2. The van der Waals surface area contributed by atoms with Gasteiger partial charge < -0.3 is 29.0 Å². The Balaban J connectivity index is 1.59. The molecule has 0 spiro atoms. The largest absolute Gasteiger partial charge is 0.497 e. The number of nitrogens with one attached hydrogen (secondary N) is 1. The predicted molar refractivity (Wildman–Crippen MR) is 111 cm³/mol. The number of methoxy groups -OCH3 is 1. The van der Waals surface area contributed by atoms with Crippen molar-refractivity contribution in [1.29, 1.82) is 0 Å². The number of carbonyl (C=O) groups excluding carboxylic acids is 2. The number of fused-ring (bicyclic) bond motifs is 5. The summed E-state index contributed by atoms with van der Waals surface area (Å²) in [4.78, 5) is 33.0. The Kier molecular flexibility index (Phi) is 3.74. The van der Waals surface area contributed by atoms with E-state index in [0.29, 0.717) is 17.9 Å². The van der Waals surface area contributed by atoms with Crippen LogP contribution in [0.15, 0.2) is 36.4 Å². The standard InChI is InChI=1S/C23H21N3O5/c1-25-10-20(27)26-17(23(25)28)9-15-14-8-13(29-2)4-5-16(14)24-21(15)22(26)12-3-6-18-19(7-12)31-11-30-18/h3-8,17,22,24H,9-11H2,1-2H3. The van der Waals surface area contributed by atoms with Crippen LogP contribution in [0.3, 0.4) is 0 Å². The first-order valence-electron chi connectivity index (χ1n) is 10.2. The van der Waals surface area contributed by atoms with Crippen molar-refractivity contribution < 1.29 is 23.8 Å². The number of aromatic nitrogens is 1. The van der Waals surface area contributed by atoms with Gasteiger partial charge >= 0.3 is 0 Å². The monoisotopic (exact) mass is 419 g/mol. The number of H-pyrrole nitrogens is 1. The number of ether oxygens (including phenoxy) is 3. The maximum atomic E-state index is 13.2. The second-order valence-electron chi connectivity index (χ2n) is 8.16. The van der Waals surface area contributed by atoms with E-state index in [1.807, 2.05) is 36.4 Å². The van der Waals surface area contributed by atoms with Gasteiger partial charge in [-0.1, -0.05) is 6.07 Å². The van der Waals surface area contributed by atoms with Crippen molar-refractivity contribution in [3.63, 3.8) is 0 Å². The van der Waals surface area contributed by atoms with Crippen molar-refractivity contribution >= 4 is 22.7 Å². The molecule has 2 amide bonds. The van der Waals surface area contributed by atoms with Gasteiger partial charge in [0.2, 0.25) is 18.6 Å². The predicted octanol–water partition coefficient (Wildman–Crippen LogP) is 2.22. The molecule has 158 valence electrons. The lowest BCUT2D eigenvalue weighted by molar-refractivity contribution is -0.157. The zero-order chi connectivity index (χ0) is 21.3. The molecule has 0 saturated carbocycles. The number of aromatic amines is 1. The fourth-order valence-corrected chi connectivity index (χ4v) is 4.99. The summed E-state index contributed by atoms with van der Waals surface area (Å²) in [5.41, 5.74) is 3.78. The van der Waals surface area contributed by atoms with Crippen LogP contribution in [0.25, 0.3) is 10.9 Å². The van der Waals surface area contributed by atoms with Crippen LogP contribution in [-0.2, 0) is 16.0 Å². The minimum absolute atomic E-state index is 0.0479. The summed E-state index contributed by atoms with van der Waals surface area (Å²) in [5, 5.41) is 1.01. The normalized spacial score (nSPS) is 22.0. The lowest BCUT2D eigenvalue weighted by Crippen LogP contribution is -2.62. The molecule has 3 aliphatic heterocycles. The number of amides is 2. The van der Waals surface area contributed by atoms with Gasteiger partial charge in [-0.05, 0) is 41.5 Å². The van der Waals surface area contributed by atoms with Crippen molar-refractivity contribution in [2.24, 2.45) is 0 Å². The molecule has 8 heteroatoms. The first kappa shape index (κ1) is 18.1. The Labute approximate surface area is 178 Å². The average Bonchev–Trinajstić information content (AvgIpc) is 3.39. The zero-order valence-electron chi connectivity index (χ0n) is 17.2. The second-order valence-corrected chi connectivity index (χ2v) is 8.16. The van der Waals surface area contributed by atoms with Gasteiger partial charge in [0.25, 0.3) is 0 Å². The van der Waals surface area contributed by atoms with Crippen LogP contribution in [-0.4, -0.2) is 60.1 Å². The van der Waals surface area contributed by atoms with E-state index in [0.717, 1.165) is 33.5 Å². The van der Waals surface area contributed by atoms with E-state index >= 15 is 0 Å². The van der Waals surface area contributed by atoms with Crippen LogP contribution in [0, 0.1) is 0 Å². The Morgan fingerprint density at radius 1 is 1.10 bits per heavy atom. The average molecular weight is 419 g/mol. The summed E-state index contributed by atoms with van der Waals surface area (Å²) in [5.74, 6) is 1.95. The van der Waals surface area contributed by atoms with E-state index in [9.17, 15) is 9.59 Å². The highest BCUT2D eigenvalue weighted by molar-refractivity contribution is 5.97. The molecule has 3 aliphatic rings. The molecule has 0 bridgehead atoms. The number of carbonyl (C=O) groups is 2. The summed E-state index contributed by atoms with van der Waals surface area (Å²) >= 11 is 0. The highest BCUT2D eigenvalue weighted by atomic mass is 16.7. The number of nitrogens with zero attached hydrogens (tertiary/aromatic N) is 2. The fraction of sp³-hybridized carbons (Fsp3) is 0.304. The van der Waals surface area contributed by atoms with Crippen LogP contribution < -0.4 is 14.2 Å². The Hall–Kier alpha value is -3.68. The SMILES string of the molecule is COc1ccc2[nH]c3c(c2c1)CC1C(=O)N(C)CC(=O)N1C3c1ccc2c(c1)OCO2. The topological polar surface area (TPSA) is 84.1 Å². The number of hydrogen-bond acceptors (Lipinski definition) is 5. The summed E-state index contributed by atoms with van der Waals surface area (Å²) < 4.78 is 16.5. The number of likely N-dealkylation sites (N-methyl/N-ethyl adjacent to an activating group) is 1. The maximum Gasteiger partial charge on any atom is 0.245 e. The molecule has 1 aromatic heterocycles. The number of piperazine rings is 1. The van der Waals surface area contributed by atoms with Crippen LogP contribution in [0.5, 0.6) is 17.2 Å². The smallest absolute Gasteiger partial charge is 0.245 e. The van der Waals surface area contributed by atoms with Gasteiger partial charge in [0.05, 0.1) is 19.7 Å². The lowest BCUT2D eigenvalue weighted by Gasteiger charge is -2.46.